The Kier molecular flexibility index (Phi) is 8.68. The highest BCUT2D eigenvalue weighted by Gasteiger charge is 2.44. The van der Waals surface area contributed by atoms with Crippen LogP contribution >= 0.6 is 16.6 Å². The van der Waals surface area contributed by atoms with Crippen molar-refractivity contribution >= 4 is 16.6 Å². The van der Waals surface area contributed by atoms with Crippen molar-refractivity contribution in [1.82, 2.24) is 0 Å². The molecule has 0 N–H and O–H groups in total. The van der Waals surface area contributed by atoms with Gasteiger partial charge in [-0.2, -0.15) is 9.05 Å². The molecule has 0 unspecified atom stereocenters. The average Bonchev–Trinajstić information content (AvgIpc) is 2.24. The van der Waals surface area contributed by atoms with Crippen LogP contribution in [0.25, 0.3) is 0 Å². The maximum absolute atomic E-state index is 10.5. The van der Waals surface area contributed by atoms with E-state index in [2.05, 4.69) is 19.7 Å². The third kappa shape index (κ3) is 5.93. The highest BCUT2D eigenvalue weighted by Crippen LogP contribution is 2.64. The van der Waals surface area contributed by atoms with Crippen molar-refractivity contribution in [1.29, 1.82) is 0 Å². The van der Waals surface area contributed by atoms with E-state index in [-0.39, 0.29) is 13.2 Å². The van der Waals surface area contributed by atoms with Gasteiger partial charge in [0.05, 0.1) is 0 Å². The van der Waals surface area contributed by atoms with E-state index >= 15 is 0 Å². The molecule has 0 saturated carbocycles. The van der Waals surface area contributed by atoms with Gasteiger partial charge >= 0.3 is 16.6 Å². The minimum atomic E-state index is -2.61. The van der Waals surface area contributed by atoms with Gasteiger partial charge in [-0.25, -0.2) is 4.57 Å². The fourth-order valence-corrected chi connectivity index (χ4v) is 3.08. The summed E-state index contributed by atoms with van der Waals surface area (Å²) < 4.78 is 26.2. The number of rotatable bonds is 10. The zero-order valence-corrected chi connectivity index (χ0v) is 10.3. The largest absolute Gasteiger partial charge is 0.429 e. The lowest BCUT2D eigenvalue weighted by Crippen LogP contribution is -2.07. The number of hydrogen-bond acceptors (Lipinski definition) is 4. The van der Waals surface area contributed by atoms with E-state index < -0.39 is 16.6 Å². The third-order valence-electron chi connectivity index (χ3n) is 1.29. The molecule has 0 spiro atoms. The topological polar surface area (TPSA) is 44.8 Å². The highest BCUT2D eigenvalue weighted by molar-refractivity contribution is 7.65. The number of hydrogen-bond donors (Lipinski definition) is 0. The predicted molar refractivity (Wildman–Crippen MR) is 63.0 cm³/mol. The van der Waals surface area contributed by atoms with E-state index in [0.29, 0.717) is 6.16 Å². The van der Waals surface area contributed by atoms with E-state index in [1.54, 1.807) is 18.2 Å². The molecule has 0 fully saturated rings. The molecular formula is C9H15O4P2+. The van der Waals surface area contributed by atoms with Gasteiger partial charge in [-0.15, -0.1) is 13.2 Å². The van der Waals surface area contributed by atoms with Gasteiger partial charge in [0.1, 0.15) is 13.2 Å². The third-order valence-corrected chi connectivity index (χ3v) is 4.34. The van der Waals surface area contributed by atoms with Crippen LogP contribution in [0.2, 0.25) is 0 Å². The summed E-state index contributed by atoms with van der Waals surface area (Å²) in [6, 6.07) is 0. The van der Waals surface area contributed by atoms with Gasteiger partial charge in [0.25, 0.3) is 0 Å². The molecule has 6 heteroatoms. The number of allylic oxidation sites excluding steroid dienone is 1. The Bertz CT molecular complexity index is 206. The summed E-state index contributed by atoms with van der Waals surface area (Å²) in [6.45, 7) is 11.2. The fraction of sp³-hybridized carbons (Fsp3) is 0.333. The molecule has 0 rings (SSSR count). The lowest BCUT2D eigenvalue weighted by atomic mass is 10.7. The van der Waals surface area contributed by atoms with Gasteiger partial charge in [-0.1, -0.05) is 23.0 Å². The van der Waals surface area contributed by atoms with Crippen LogP contribution in [-0.2, 0) is 17.9 Å². The van der Waals surface area contributed by atoms with Crippen molar-refractivity contribution in [2.75, 3.05) is 19.4 Å². The molecule has 0 aromatic carbocycles. The quantitative estimate of drug-likeness (QED) is 0.438. The molecule has 4 nitrogen and oxygen atoms in total. The molecule has 0 bridgehead atoms. The smallest absolute Gasteiger partial charge is 0.236 e. The predicted octanol–water partition coefficient (Wildman–Crippen LogP) is 3.56. The standard InChI is InChI=1S/C9H15O4P2/c1-4-7-11-15(9-6-3,13-14-10)12-8-5-2/h4-6H,1-3,7-9H2/q+1. The molecule has 15 heavy (non-hydrogen) atoms. The second-order valence-corrected chi connectivity index (χ2v) is 5.31. The van der Waals surface area contributed by atoms with Crippen LogP contribution in [0.3, 0.4) is 0 Å². The van der Waals surface area contributed by atoms with Gasteiger partial charge in [0, 0.05) is 0 Å². The normalized spacial score (nSPS) is 11.2. The van der Waals surface area contributed by atoms with Crippen molar-refractivity contribution < 1.29 is 17.9 Å². The van der Waals surface area contributed by atoms with Crippen molar-refractivity contribution in [3.8, 4) is 0 Å². The summed E-state index contributed by atoms with van der Waals surface area (Å²) in [5.41, 5.74) is 0. The van der Waals surface area contributed by atoms with E-state index in [9.17, 15) is 4.57 Å². The maximum atomic E-state index is 10.5. The van der Waals surface area contributed by atoms with Crippen LogP contribution in [0.15, 0.2) is 38.0 Å². The summed E-state index contributed by atoms with van der Waals surface area (Å²) in [5, 5.41) is 0. The average molecular weight is 249 g/mol. The van der Waals surface area contributed by atoms with Gasteiger partial charge in [-0.05, 0) is 6.08 Å². The zero-order valence-electron chi connectivity index (χ0n) is 8.50. The Morgan fingerprint density at radius 1 is 1.07 bits per heavy atom. The maximum Gasteiger partial charge on any atom is 0.429 e. The molecular weight excluding hydrogens is 234 g/mol. The second-order valence-electron chi connectivity index (χ2n) is 2.41. The Morgan fingerprint density at radius 2 is 1.60 bits per heavy atom. The molecule has 0 heterocycles. The van der Waals surface area contributed by atoms with Crippen molar-refractivity contribution in [2.24, 2.45) is 0 Å². The molecule has 0 aliphatic heterocycles. The van der Waals surface area contributed by atoms with Crippen molar-refractivity contribution in [3.05, 3.63) is 38.0 Å². The first-order valence-corrected chi connectivity index (χ1v) is 6.71. The first-order valence-electron chi connectivity index (χ1n) is 4.26. The van der Waals surface area contributed by atoms with E-state index in [1.165, 1.54) is 0 Å². The van der Waals surface area contributed by atoms with Crippen LogP contribution in [0, 0.1) is 0 Å². The molecule has 0 aliphatic carbocycles. The Labute approximate surface area is 92.5 Å². The van der Waals surface area contributed by atoms with Gasteiger partial charge in [0.2, 0.25) is 0 Å². The van der Waals surface area contributed by atoms with Crippen molar-refractivity contribution in [2.45, 2.75) is 0 Å². The Balaban J connectivity index is 4.51. The minimum Gasteiger partial charge on any atom is -0.236 e. The Morgan fingerprint density at radius 3 is 1.93 bits per heavy atom. The monoisotopic (exact) mass is 249 g/mol. The Hall–Kier alpha value is -0.370. The van der Waals surface area contributed by atoms with Gasteiger partial charge < -0.3 is 0 Å². The summed E-state index contributed by atoms with van der Waals surface area (Å²) in [7, 11) is -3.09. The zero-order chi connectivity index (χ0) is 11.6. The summed E-state index contributed by atoms with van der Waals surface area (Å²) in [6.07, 6.45) is 5.11. The lowest BCUT2D eigenvalue weighted by Gasteiger charge is -2.16. The lowest BCUT2D eigenvalue weighted by molar-refractivity contribution is 0.219. The molecule has 0 aromatic rings. The molecule has 0 aromatic heterocycles. The van der Waals surface area contributed by atoms with Gasteiger partial charge in [0.15, 0.2) is 6.16 Å². The van der Waals surface area contributed by atoms with E-state index in [4.69, 9.17) is 13.4 Å². The molecule has 0 aliphatic rings. The summed E-state index contributed by atoms with van der Waals surface area (Å²) in [4.78, 5) is 0. The molecule has 84 valence electrons. The van der Waals surface area contributed by atoms with Crippen LogP contribution in [0.1, 0.15) is 0 Å². The molecule has 0 radical (unpaired) electrons. The highest BCUT2D eigenvalue weighted by atomic mass is 31.2. The van der Waals surface area contributed by atoms with Gasteiger partial charge in [-0.3, -0.25) is 0 Å². The first-order chi connectivity index (χ1) is 7.24. The second kappa shape index (κ2) is 8.90. The molecule has 0 amide bonds. The minimum absolute atomic E-state index is 0.272. The SMILES string of the molecule is C=CCO[P+](CC=C)(OCC=C)OP=O. The first kappa shape index (κ1) is 14.6. The van der Waals surface area contributed by atoms with Crippen LogP contribution < -0.4 is 0 Å². The van der Waals surface area contributed by atoms with Crippen LogP contribution in [0.5, 0.6) is 0 Å². The van der Waals surface area contributed by atoms with E-state index in [1.807, 2.05) is 0 Å². The summed E-state index contributed by atoms with van der Waals surface area (Å²) in [5.74, 6) is 0. The summed E-state index contributed by atoms with van der Waals surface area (Å²) >= 11 is 0. The van der Waals surface area contributed by atoms with Crippen LogP contribution in [0.4, 0.5) is 0 Å². The van der Waals surface area contributed by atoms with Crippen LogP contribution in [-0.4, -0.2) is 19.4 Å². The molecule has 0 saturated heterocycles. The van der Waals surface area contributed by atoms with E-state index in [0.717, 1.165) is 0 Å². The fourth-order valence-electron chi connectivity index (χ4n) is 0.765. The van der Waals surface area contributed by atoms with Crippen molar-refractivity contribution in [3.63, 3.8) is 0 Å². The molecule has 0 atom stereocenters.